The van der Waals surface area contributed by atoms with Crippen molar-refractivity contribution in [2.75, 3.05) is 0 Å². The number of benzene rings is 1. The monoisotopic (exact) mass is 261 g/mol. The van der Waals surface area contributed by atoms with Crippen LogP contribution in [0.5, 0.6) is 5.88 Å². The van der Waals surface area contributed by atoms with Crippen LogP contribution in [0.4, 0.5) is 0 Å². The average molecular weight is 261 g/mol. The first-order valence-electron chi connectivity index (χ1n) is 5.40. The van der Waals surface area contributed by atoms with E-state index in [1.54, 1.807) is 30.3 Å². The molecule has 7 heteroatoms. The minimum absolute atomic E-state index is 0.0820. The zero-order valence-electron chi connectivity index (χ0n) is 9.79. The molecule has 0 fully saturated rings. The molecule has 1 heterocycles. The van der Waals surface area contributed by atoms with E-state index in [0.717, 1.165) is 0 Å². The summed E-state index contributed by atoms with van der Waals surface area (Å²) in [5.74, 6) is -1.39. The number of carbonyl (C=O) groups is 1. The fourth-order valence-corrected chi connectivity index (χ4v) is 1.73. The van der Waals surface area contributed by atoms with Crippen molar-refractivity contribution in [3.63, 3.8) is 0 Å². The van der Waals surface area contributed by atoms with E-state index in [9.17, 15) is 19.5 Å². The van der Waals surface area contributed by atoms with Gasteiger partial charge in [-0.05, 0) is 5.56 Å². The van der Waals surface area contributed by atoms with Gasteiger partial charge in [0.25, 0.3) is 5.56 Å². The molecule has 0 saturated heterocycles. The lowest BCUT2D eigenvalue weighted by molar-refractivity contribution is -0.118. The van der Waals surface area contributed by atoms with Crippen molar-refractivity contribution in [1.29, 1.82) is 0 Å². The number of nitrogens with two attached hydrogens (primary N) is 1. The highest BCUT2D eigenvalue weighted by Crippen LogP contribution is 2.23. The summed E-state index contributed by atoms with van der Waals surface area (Å²) in [5, 5.41) is 9.99. The molecule has 0 saturated carbocycles. The standard InChI is InChI=1S/C12H11N3O4/c13-8(16)6-15-11(18)9(10(17)14-12(15)19)7-4-2-1-3-5-7/h1-5,18H,6H2,(H2,13,16)(H,14,17,19). The Morgan fingerprint density at radius 2 is 1.89 bits per heavy atom. The van der Waals surface area contributed by atoms with Crippen LogP contribution in [0.2, 0.25) is 0 Å². The van der Waals surface area contributed by atoms with E-state index in [1.807, 2.05) is 4.98 Å². The smallest absolute Gasteiger partial charge is 0.331 e. The summed E-state index contributed by atoms with van der Waals surface area (Å²) in [6.07, 6.45) is 0. The Morgan fingerprint density at radius 3 is 2.47 bits per heavy atom. The normalized spacial score (nSPS) is 10.3. The second kappa shape index (κ2) is 4.81. The van der Waals surface area contributed by atoms with E-state index in [2.05, 4.69) is 0 Å². The molecule has 0 aliphatic rings. The van der Waals surface area contributed by atoms with Gasteiger partial charge in [0.1, 0.15) is 12.1 Å². The number of aromatic nitrogens is 2. The molecule has 1 aromatic heterocycles. The Balaban J connectivity index is 2.72. The van der Waals surface area contributed by atoms with Gasteiger partial charge in [0.05, 0.1) is 0 Å². The van der Waals surface area contributed by atoms with Crippen LogP contribution in [0.25, 0.3) is 11.1 Å². The van der Waals surface area contributed by atoms with Crippen molar-refractivity contribution < 1.29 is 9.90 Å². The Morgan fingerprint density at radius 1 is 1.26 bits per heavy atom. The van der Waals surface area contributed by atoms with Gasteiger partial charge in [-0.25, -0.2) is 4.79 Å². The van der Waals surface area contributed by atoms with Crippen LogP contribution < -0.4 is 17.0 Å². The van der Waals surface area contributed by atoms with Crippen molar-refractivity contribution >= 4 is 5.91 Å². The number of amides is 1. The lowest BCUT2D eigenvalue weighted by atomic mass is 10.1. The van der Waals surface area contributed by atoms with Gasteiger partial charge in [-0.15, -0.1) is 0 Å². The quantitative estimate of drug-likeness (QED) is 0.683. The van der Waals surface area contributed by atoms with Crippen LogP contribution in [-0.2, 0) is 11.3 Å². The highest BCUT2D eigenvalue weighted by Gasteiger charge is 2.16. The number of primary amides is 1. The van der Waals surface area contributed by atoms with E-state index < -0.39 is 29.6 Å². The summed E-state index contributed by atoms with van der Waals surface area (Å²) in [6, 6.07) is 8.30. The van der Waals surface area contributed by atoms with Gasteiger partial charge in [-0.1, -0.05) is 30.3 Å². The second-order valence-corrected chi connectivity index (χ2v) is 3.88. The van der Waals surface area contributed by atoms with Crippen LogP contribution in [0.3, 0.4) is 0 Å². The number of aromatic amines is 1. The molecule has 1 amide bonds. The van der Waals surface area contributed by atoms with Gasteiger partial charge in [0, 0.05) is 0 Å². The van der Waals surface area contributed by atoms with Crippen molar-refractivity contribution in [3.8, 4) is 17.0 Å². The van der Waals surface area contributed by atoms with Gasteiger partial charge in [0.15, 0.2) is 0 Å². The zero-order valence-corrected chi connectivity index (χ0v) is 9.79. The van der Waals surface area contributed by atoms with Crippen LogP contribution in [0.1, 0.15) is 0 Å². The van der Waals surface area contributed by atoms with Gasteiger partial charge in [-0.3, -0.25) is 19.1 Å². The Bertz CT molecular complexity index is 731. The summed E-state index contributed by atoms with van der Waals surface area (Å²) in [6.45, 7) is -0.513. The van der Waals surface area contributed by atoms with Gasteiger partial charge < -0.3 is 10.8 Å². The van der Waals surface area contributed by atoms with Gasteiger partial charge in [0.2, 0.25) is 11.8 Å². The summed E-state index contributed by atoms with van der Waals surface area (Å²) in [5.41, 5.74) is 3.72. The maximum absolute atomic E-state index is 11.8. The molecule has 2 aromatic rings. The van der Waals surface area contributed by atoms with E-state index >= 15 is 0 Å². The maximum atomic E-state index is 11.8. The molecule has 0 atom stereocenters. The topological polar surface area (TPSA) is 118 Å². The molecule has 7 nitrogen and oxygen atoms in total. The minimum atomic E-state index is -0.888. The third-order valence-corrected chi connectivity index (χ3v) is 2.55. The molecule has 0 unspecified atom stereocenters. The lowest BCUT2D eigenvalue weighted by Gasteiger charge is -2.09. The number of hydrogen-bond acceptors (Lipinski definition) is 4. The Hall–Kier alpha value is -2.83. The molecule has 0 bridgehead atoms. The molecule has 2 rings (SSSR count). The largest absolute Gasteiger partial charge is 0.494 e. The molecule has 19 heavy (non-hydrogen) atoms. The van der Waals surface area contributed by atoms with Crippen LogP contribution in [-0.4, -0.2) is 20.6 Å². The lowest BCUT2D eigenvalue weighted by Crippen LogP contribution is -2.34. The van der Waals surface area contributed by atoms with Crippen molar-refractivity contribution in [1.82, 2.24) is 9.55 Å². The van der Waals surface area contributed by atoms with Gasteiger partial charge in [-0.2, -0.15) is 0 Å². The molecule has 0 aliphatic carbocycles. The van der Waals surface area contributed by atoms with E-state index in [1.165, 1.54) is 0 Å². The number of H-pyrrole nitrogens is 1. The maximum Gasteiger partial charge on any atom is 0.331 e. The van der Waals surface area contributed by atoms with Crippen molar-refractivity contribution in [2.24, 2.45) is 5.73 Å². The first kappa shape index (κ1) is 12.6. The molecule has 0 radical (unpaired) electrons. The first-order chi connectivity index (χ1) is 9.00. The van der Waals surface area contributed by atoms with Crippen LogP contribution in [0.15, 0.2) is 39.9 Å². The third kappa shape index (κ3) is 2.39. The highest BCUT2D eigenvalue weighted by molar-refractivity contribution is 5.74. The van der Waals surface area contributed by atoms with E-state index in [-0.39, 0.29) is 5.56 Å². The van der Waals surface area contributed by atoms with Crippen LogP contribution >= 0.6 is 0 Å². The van der Waals surface area contributed by atoms with Crippen molar-refractivity contribution in [2.45, 2.75) is 6.54 Å². The zero-order chi connectivity index (χ0) is 14.0. The average Bonchev–Trinajstić information content (AvgIpc) is 2.35. The number of rotatable bonds is 3. The predicted molar refractivity (Wildman–Crippen MR) is 67.6 cm³/mol. The summed E-state index contributed by atoms with van der Waals surface area (Å²) < 4.78 is 0.714. The van der Waals surface area contributed by atoms with E-state index in [0.29, 0.717) is 10.1 Å². The number of carbonyl (C=O) groups excluding carboxylic acids is 1. The van der Waals surface area contributed by atoms with Crippen molar-refractivity contribution in [3.05, 3.63) is 51.2 Å². The Kier molecular flexibility index (Phi) is 3.19. The highest BCUT2D eigenvalue weighted by atomic mass is 16.3. The first-order valence-corrected chi connectivity index (χ1v) is 5.40. The van der Waals surface area contributed by atoms with Crippen LogP contribution in [0, 0.1) is 0 Å². The molecule has 0 aliphatic heterocycles. The third-order valence-electron chi connectivity index (χ3n) is 2.55. The molecular formula is C12H11N3O4. The summed E-state index contributed by atoms with van der Waals surface area (Å²) in [7, 11) is 0. The molecule has 4 N–H and O–H groups in total. The molecular weight excluding hydrogens is 250 g/mol. The number of nitrogens with one attached hydrogen (secondary N) is 1. The fraction of sp³-hybridized carbons (Fsp3) is 0.0833. The number of hydrogen-bond donors (Lipinski definition) is 3. The molecule has 98 valence electrons. The molecule has 1 aromatic carbocycles. The summed E-state index contributed by atoms with van der Waals surface area (Å²) >= 11 is 0. The minimum Gasteiger partial charge on any atom is -0.494 e. The number of nitrogens with zero attached hydrogens (tertiary/aromatic N) is 1. The van der Waals surface area contributed by atoms with Gasteiger partial charge >= 0.3 is 5.69 Å². The second-order valence-electron chi connectivity index (χ2n) is 3.88. The summed E-state index contributed by atoms with van der Waals surface area (Å²) in [4.78, 5) is 36.2. The van der Waals surface area contributed by atoms with E-state index in [4.69, 9.17) is 5.73 Å². The molecule has 0 spiro atoms. The SMILES string of the molecule is NC(=O)Cn1c(O)c(-c2ccccc2)c(=O)[nH]c1=O. The fourth-order valence-electron chi connectivity index (χ4n) is 1.73. The predicted octanol–water partition coefficient (Wildman–Crippen LogP) is -0.606. The Labute approximate surface area is 106 Å². The number of aromatic hydroxyl groups is 1.